The van der Waals surface area contributed by atoms with Crippen molar-refractivity contribution < 1.29 is 14.3 Å². The molecule has 3 atom stereocenters. The van der Waals surface area contributed by atoms with E-state index in [1.54, 1.807) is 0 Å². The molecule has 1 saturated carbocycles. The molecule has 0 saturated heterocycles. The van der Waals surface area contributed by atoms with Crippen molar-refractivity contribution in [2.75, 3.05) is 6.61 Å². The van der Waals surface area contributed by atoms with Crippen LogP contribution in [0.3, 0.4) is 0 Å². The van der Waals surface area contributed by atoms with E-state index in [4.69, 9.17) is 4.74 Å². The number of hydrogen-bond acceptors (Lipinski definition) is 4. The highest BCUT2D eigenvalue weighted by atomic mass is 32.1. The fraction of sp³-hybridized carbons (Fsp3) is 0.684. The maximum Gasteiger partial charge on any atom is 0.348 e. The van der Waals surface area contributed by atoms with Gasteiger partial charge in [0, 0.05) is 10.9 Å². The molecule has 0 aromatic carbocycles. The van der Waals surface area contributed by atoms with Gasteiger partial charge in [-0.25, -0.2) is 4.79 Å². The van der Waals surface area contributed by atoms with Crippen molar-refractivity contribution in [3.05, 3.63) is 21.4 Å². The van der Waals surface area contributed by atoms with E-state index in [1.807, 2.05) is 6.07 Å². The van der Waals surface area contributed by atoms with Crippen molar-refractivity contribution in [2.24, 2.45) is 11.8 Å². The second-order valence-corrected chi connectivity index (χ2v) is 8.56. The molecule has 0 spiro atoms. The first-order chi connectivity index (χ1) is 11.5. The molecule has 0 aliphatic heterocycles. The van der Waals surface area contributed by atoms with Gasteiger partial charge in [0.05, 0.1) is 0 Å². The van der Waals surface area contributed by atoms with Gasteiger partial charge in [0.1, 0.15) is 4.88 Å². The minimum atomic E-state index is -0.367. The Bertz CT molecular complexity index is 610. The van der Waals surface area contributed by atoms with Gasteiger partial charge >= 0.3 is 5.97 Å². The van der Waals surface area contributed by atoms with Gasteiger partial charge in [0.25, 0.3) is 5.91 Å². The van der Waals surface area contributed by atoms with Crippen LogP contribution in [-0.4, -0.2) is 24.5 Å². The zero-order chi connectivity index (χ0) is 17.1. The standard InChI is InChI=1S/C19H27NO3S/c1-12-7-8-16-14(9-12)10-17(24-16)19(22)23-11-18(21)20-15-6-4-3-5-13(15)2/h10,12-13,15H,3-9,11H2,1-2H3,(H,20,21)/t12-,13-,15+/m1/s1. The largest absolute Gasteiger partial charge is 0.451 e. The second-order valence-electron chi connectivity index (χ2n) is 7.42. The number of fused-ring (bicyclic) bond motifs is 1. The number of aryl methyl sites for hydroxylation is 1. The zero-order valence-electron chi connectivity index (χ0n) is 14.6. The van der Waals surface area contributed by atoms with E-state index in [9.17, 15) is 9.59 Å². The molecule has 2 aliphatic rings. The topological polar surface area (TPSA) is 55.4 Å². The molecule has 5 heteroatoms. The second kappa shape index (κ2) is 7.68. The average molecular weight is 349 g/mol. The van der Waals surface area contributed by atoms with E-state index in [0.717, 1.165) is 32.1 Å². The van der Waals surface area contributed by atoms with Crippen molar-refractivity contribution in [3.63, 3.8) is 0 Å². The minimum absolute atomic E-state index is 0.180. The van der Waals surface area contributed by atoms with E-state index in [0.29, 0.717) is 16.7 Å². The van der Waals surface area contributed by atoms with Crippen LogP contribution in [0.5, 0.6) is 0 Å². The van der Waals surface area contributed by atoms with Crippen molar-refractivity contribution in [1.82, 2.24) is 5.32 Å². The molecule has 1 aromatic rings. The summed E-state index contributed by atoms with van der Waals surface area (Å²) in [5.74, 6) is 0.634. The highest BCUT2D eigenvalue weighted by Gasteiger charge is 2.24. The van der Waals surface area contributed by atoms with Gasteiger partial charge in [-0.2, -0.15) is 0 Å². The summed E-state index contributed by atoms with van der Waals surface area (Å²) in [5, 5.41) is 3.02. The van der Waals surface area contributed by atoms with Crippen LogP contribution in [0.25, 0.3) is 0 Å². The summed E-state index contributed by atoms with van der Waals surface area (Å²) in [6, 6.07) is 2.18. The van der Waals surface area contributed by atoms with Crippen LogP contribution in [0.2, 0.25) is 0 Å². The Morgan fingerprint density at radius 2 is 2.04 bits per heavy atom. The molecule has 2 aliphatic carbocycles. The summed E-state index contributed by atoms with van der Waals surface area (Å²) < 4.78 is 5.23. The molecule has 1 fully saturated rings. The Morgan fingerprint density at radius 3 is 2.83 bits per heavy atom. The van der Waals surface area contributed by atoms with E-state index in [2.05, 4.69) is 19.2 Å². The normalized spacial score (nSPS) is 26.5. The number of thiophene rings is 1. The molecular weight excluding hydrogens is 322 g/mol. The highest BCUT2D eigenvalue weighted by molar-refractivity contribution is 7.14. The van der Waals surface area contributed by atoms with Crippen LogP contribution in [0.1, 0.15) is 66.1 Å². The maximum atomic E-state index is 12.2. The van der Waals surface area contributed by atoms with E-state index >= 15 is 0 Å². The summed E-state index contributed by atoms with van der Waals surface area (Å²) in [6.07, 6.45) is 7.86. The van der Waals surface area contributed by atoms with Crippen molar-refractivity contribution in [2.45, 2.75) is 64.8 Å². The van der Waals surface area contributed by atoms with Crippen LogP contribution in [0.4, 0.5) is 0 Å². The summed E-state index contributed by atoms with van der Waals surface area (Å²) in [7, 11) is 0. The number of nitrogens with one attached hydrogen (secondary N) is 1. The first kappa shape index (κ1) is 17.5. The predicted molar refractivity (Wildman–Crippen MR) is 95.4 cm³/mol. The molecule has 1 amide bonds. The van der Waals surface area contributed by atoms with Gasteiger partial charge in [-0.3, -0.25) is 4.79 Å². The van der Waals surface area contributed by atoms with E-state index in [-0.39, 0.29) is 24.5 Å². The number of carbonyl (C=O) groups excluding carboxylic acids is 2. The lowest BCUT2D eigenvalue weighted by Crippen LogP contribution is -2.42. The lowest BCUT2D eigenvalue weighted by atomic mass is 9.86. The summed E-state index contributed by atoms with van der Waals surface area (Å²) >= 11 is 1.53. The Hall–Kier alpha value is -1.36. The SMILES string of the molecule is C[C@@H]1CCc2sc(C(=O)OCC(=O)N[C@H]3CCCC[C@H]3C)cc2C1. The molecule has 0 bridgehead atoms. The van der Waals surface area contributed by atoms with Crippen LogP contribution in [0, 0.1) is 11.8 Å². The average Bonchev–Trinajstić information content (AvgIpc) is 2.98. The smallest absolute Gasteiger partial charge is 0.348 e. The summed E-state index contributed by atoms with van der Waals surface area (Å²) in [6.45, 7) is 4.24. The lowest BCUT2D eigenvalue weighted by molar-refractivity contribution is -0.125. The lowest BCUT2D eigenvalue weighted by Gasteiger charge is -2.29. The molecule has 3 rings (SSSR count). The van der Waals surface area contributed by atoms with Gasteiger partial charge in [-0.15, -0.1) is 11.3 Å². The van der Waals surface area contributed by atoms with Crippen molar-refractivity contribution >= 4 is 23.2 Å². The Balaban J connectivity index is 1.49. The highest BCUT2D eigenvalue weighted by Crippen LogP contribution is 2.32. The van der Waals surface area contributed by atoms with Gasteiger partial charge in [-0.1, -0.05) is 26.7 Å². The van der Waals surface area contributed by atoms with Crippen LogP contribution >= 0.6 is 11.3 Å². The predicted octanol–water partition coefficient (Wildman–Crippen LogP) is 3.72. The molecule has 1 aromatic heterocycles. The fourth-order valence-electron chi connectivity index (χ4n) is 3.79. The van der Waals surface area contributed by atoms with Crippen molar-refractivity contribution in [1.29, 1.82) is 0 Å². The van der Waals surface area contributed by atoms with Gasteiger partial charge in [0.2, 0.25) is 0 Å². The molecule has 1 N–H and O–H groups in total. The summed E-state index contributed by atoms with van der Waals surface area (Å²) in [4.78, 5) is 26.2. The van der Waals surface area contributed by atoms with E-state index in [1.165, 1.54) is 34.6 Å². The third-order valence-electron chi connectivity index (χ3n) is 5.32. The van der Waals surface area contributed by atoms with Gasteiger partial charge in [-0.05, 0) is 55.6 Å². The number of rotatable bonds is 4. The molecule has 0 unspecified atom stereocenters. The number of carbonyl (C=O) groups is 2. The Labute approximate surface area is 148 Å². The Morgan fingerprint density at radius 1 is 1.25 bits per heavy atom. The zero-order valence-corrected chi connectivity index (χ0v) is 15.4. The molecule has 132 valence electrons. The third kappa shape index (κ3) is 4.18. The number of ether oxygens (including phenoxy) is 1. The van der Waals surface area contributed by atoms with Crippen LogP contribution < -0.4 is 5.32 Å². The number of hydrogen-bond donors (Lipinski definition) is 1. The molecule has 4 nitrogen and oxygen atoms in total. The Kier molecular flexibility index (Phi) is 5.59. The fourth-order valence-corrected chi connectivity index (χ4v) is 4.89. The first-order valence-corrected chi connectivity index (χ1v) is 9.92. The third-order valence-corrected chi connectivity index (χ3v) is 6.54. The monoisotopic (exact) mass is 349 g/mol. The minimum Gasteiger partial charge on any atom is -0.451 e. The van der Waals surface area contributed by atoms with Gasteiger partial charge in [0.15, 0.2) is 6.61 Å². The summed E-state index contributed by atoms with van der Waals surface area (Å²) in [5.41, 5.74) is 1.28. The van der Waals surface area contributed by atoms with Crippen LogP contribution in [-0.2, 0) is 22.4 Å². The number of esters is 1. The van der Waals surface area contributed by atoms with Crippen LogP contribution in [0.15, 0.2) is 6.07 Å². The molecule has 1 heterocycles. The molecule has 0 radical (unpaired) electrons. The molecular formula is C19H27NO3S. The molecule has 24 heavy (non-hydrogen) atoms. The van der Waals surface area contributed by atoms with Crippen molar-refractivity contribution in [3.8, 4) is 0 Å². The van der Waals surface area contributed by atoms with E-state index < -0.39 is 0 Å². The van der Waals surface area contributed by atoms with Gasteiger partial charge < -0.3 is 10.1 Å². The number of amides is 1. The quantitative estimate of drug-likeness (QED) is 0.843. The first-order valence-electron chi connectivity index (χ1n) is 9.11. The maximum absolute atomic E-state index is 12.2.